The first-order chi connectivity index (χ1) is 12.6. The average Bonchev–Trinajstić information content (AvgIpc) is 3.17. The van der Waals surface area contributed by atoms with Crippen molar-refractivity contribution in [3.63, 3.8) is 0 Å². The second-order valence-electron chi connectivity index (χ2n) is 5.88. The highest BCUT2D eigenvalue weighted by molar-refractivity contribution is 6.02. The van der Waals surface area contributed by atoms with Crippen LogP contribution in [0.15, 0.2) is 70.4 Å². The molecule has 0 aliphatic heterocycles. The minimum Gasteiger partial charge on any atom is -0.467 e. The number of hydrazone groups is 1. The van der Waals surface area contributed by atoms with Crippen LogP contribution in [0.25, 0.3) is 10.8 Å². The monoisotopic (exact) mass is 349 g/mol. The molecule has 0 aliphatic rings. The summed E-state index contributed by atoms with van der Waals surface area (Å²) in [5.74, 6) is 0.172. The lowest BCUT2D eigenvalue weighted by molar-refractivity contribution is -0.120. The molecule has 0 aliphatic carbocycles. The minimum absolute atomic E-state index is 0.0959. The molecule has 2 amide bonds. The number of hydrogen-bond donors (Lipinski definition) is 2. The van der Waals surface area contributed by atoms with Gasteiger partial charge in [-0.05, 0) is 42.0 Å². The summed E-state index contributed by atoms with van der Waals surface area (Å²) >= 11 is 0. The van der Waals surface area contributed by atoms with E-state index in [1.807, 2.05) is 36.4 Å². The maximum Gasteiger partial charge on any atom is 0.271 e. The van der Waals surface area contributed by atoms with Crippen molar-refractivity contribution in [3.05, 3.63) is 72.2 Å². The number of carbonyl (C=O) groups is 2. The van der Waals surface area contributed by atoms with E-state index in [2.05, 4.69) is 15.8 Å². The van der Waals surface area contributed by atoms with Gasteiger partial charge in [-0.3, -0.25) is 9.59 Å². The molecule has 132 valence electrons. The third-order valence-corrected chi connectivity index (χ3v) is 3.82. The third-order valence-electron chi connectivity index (χ3n) is 3.82. The summed E-state index contributed by atoms with van der Waals surface area (Å²) in [5.41, 5.74) is 3.52. The molecule has 3 rings (SSSR count). The Labute approximate surface area is 150 Å². The van der Waals surface area contributed by atoms with Crippen LogP contribution >= 0.6 is 0 Å². The standard InChI is InChI=1S/C20H19N3O3/c1-14(11-19(24)21-13-18-7-4-10-26-18)22-23-20(25)17-9-8-15-5-2-3-6-16(15)12-17/h2-10,12H,11,13H2,1H3,(H,21,24)(H,23,25)/b22-14+. The van der Waals surface area contributed by atoms with Crippen molar-refractivity contribution in [1.29, 1.82) is 0 Å². The van der Waals surface area contributed by atoms with E-state index >= 15 is 0 Å². The first-order valence-electron chi connectivity index (χ1n) is 8.23. The zero-order chi connectivity index (χ0) is 18.4. The molecular formula is C20H19N3O3. The second-order valence-corrected chi connectivity index (χ2v) is 5.88. The highest BCUT2D eigenvalue weighted by Crippen LogP contribution is 2.15. The van der Waals surface area contributed by atoms with E-state index in [0.29, 0.717) is 23.6 Å². The molecule has 6 heteroatoms. The third kappa shape index (κ3) is 4.57. The summed E-state index contributed by atoms with van der Waals surface area (Å²) in [4.78, 5) is 24.1. The van der Waals surface area contributed by atoms with Gasteiger partial charge in [-0.25, -0.2) is 5.43 Å². The molecule has 2 N–H and O–H groups in total. The van der Waals surface area contributed by atoms with E-state index in [1.54, 1.807) is 31.4 Å². The van der Waals surface area contributed by atoms with Crippen LogP contribution in [-0.2, 0) is 11.3 Å². The molecule has 0 radical (unpaired) electrons. The molecule has 6 nitrogen and oxygen atoms in total. The number of nitrogens with one attached hydrogen (secondary N) is 2. The highest BCUT2D eigenvalue weighted by Gasteiger charge is 2.08. The molecule has 26 heavy (non-hydrogen) atoms. The van der Waals surface area contributed by atoms with E-state index in [-0.39, 0.29) is 18.2 Å². The van der Waals surface area contributed by atoms with Crippen molar-refractivity contribution in [2.24, 2.45) is 5.10 Å². The van der Waals surface area contributed by atoms with Crippen LogP contribution in [-0.4, -0.2) is 17.5 Å². The molecule has 0 saturated carbocycles. The number of amides is 2. The van der Waals surface area contributed by atoms with Crippen molar-refractivity contribution in [1.82, 2.24) is 10.7 Å². The molecule has 0 saturated heterocycles. The normalized spacial score (nSPS) is 11.3. The fourth-order valence-electron chi connectivity index (χ4n) is 2.47. The molecule has 0 atom stereocenters. The van der Waals surface area contributed by atoms with Gasteiger partial charge in [0.1, 0.15) is 5.76 Å². The molecule has 0 spiro atoms. The number of fused-ring (bicyclic) bond motifs is 1. The van der Waals surface area contributed by atoms with Gasteiger partial charge in [0.25, 0.3) is 5.91 Å². The highest BCUT2D eigenvalue weighted by atomic mass is 16.3. The van der Waals surface area contributed by atoms with E-state index in [1.165, 1.54) is 0 Å². The van der Waals surface area contributed by atoms with Gasteiger partial charge in [-0.15, -0.1) is 0 Å². The van der Waals surface area contributed by atoms with Crippen molar-refractivity contribution >= 4 is 28.3 Å². The molecule has 0 bridgehead atoms. The lowest BCUT2D eigenvalue weighted by Crippen LogP contribution is -2.26. The van der Waals surface area contributed by atoms with Crippen molar-refractivity contribution in [2.75, 3.05) is 0 Å². The van der Waals surface area contributed by atoms with Gasteiger partial charge >= 0.3 is 0 Å². The van der Waals surface area contributed by atoms with Crippen LogP contribution in [0.1, 0.15) is 29.5 Å². The number of carbonyl (C=O) groups excluding carboxylic acids is 2. The maximum atomic E-state index is 12.2. The molecule has 0 unspecified atom stereocenters. The summed E-state index contributed by atoms with van der Waals surface area (Å²) in [6.07, 6.45) is 1.65. The Morgan fingerprint density at radius 1 is 1.04 bits per heavy atom. The Morgan fingerprint density at radius 2 is 1.85 bits per heavy atom. The average molecular weight is 349 g/mol. The van der Waals surface area contributed by atoms with Gasteiger partial charge in [0.05, 0.1) is 19.2 Å². The van der Waals surface area contributed by atoms with Crippen LogP contribution in [0.3, 0.4) is 0 Å². The van der Waals surface area contributed by atoms with Crippen LogP contribution < -0.4 is 10.7 Å². The van der Waals surface area contributed by atoms with E-state index in [0.717, 1.165) is 10.8 Å². The van der Waals surface area contributed by atoms with Crippen molar-refractivity contribution in [2.45, 2.75) is 19.9 Å². The first-order valence-corrected chi connectivity index (χ1v) is 8.23. The summed E-state index contributed by atoms with van der Waals surface area (Å²) in [7, 11) is 0. The zero-order valence-corrected chi connectivity index (χ0v) is 14.4. The predicted molar refractivity (Wildman–Crippen MR) is 99.7 cm³/mol. The number of benzene rings is 2. The van der Waals surface area contributed by atoms with Gasteiger partial charge in [-0.2, -0.15) is 5.10 Å². The molecule has 1 aromatic heterocycles. The van der Waals surface area contributed by atoms with Gasteiger partial charge < -0.3 is 9.73 Å². The SMILES string of the molecule is C/C(CC(=O)NCc1ccco1)=N\NC(=O)c1ccc2ccccc2c1. The zero-order valence-electron chi connectivity index (χ0n) is 14.4. The fraction of sp³-hybridized carbons (Fsp3) is 0.150. The Kier molecular flexibility index (Phi) is 5.43. The number of hydrogen-bond acceptors (Lipinski definition) is 4. The van der Waals surface area contributed by atoms with Gasteiger partial charge in [-0.1, -0.05) is 30.3 Å². The number of furan rings is 1. The Morgan fingerprint density at radius 3 is 2.62 bits per heavy atom. The molecule has 0 fully saturated rings. The molecule has 1 heterocycles. The maximum absolute atomic E-state index is 12.2. The predicted octanol–water partition coefficient (Wildman–Crippen LogP) is 3.25. The quantitative estimate of drug-likeness (QED) is 0.529. The summed E-state index contributed by atoms with van der Waals surface area (Å²) in [5, 5.41) is 8.78. The molecule has 2 aromatic carbocycles. The minimum atomic E-state index is -0.314. The van der Waals surface area contributed by atoms with E-state index < -0.39 is 0 Å². The number of nitrogens with zero attached hydrogens (tertiary/aromatic N) is 1. The summed E-state index contributed by atoms with van der Waals surface area (Å²) < 4.78 is 5.15. The lowest BCUT2D eigenvalue weighted by atomic mass is 10.1. The lowest BCUT2D eigenvalue weighted by Gasteiger charge is -2.05. The molecular weight excluding hydrogens is 330 g/mol. The fourth-order valence-corrected chi connectivity index (χ4v) is 2.47. The van der Waals surface area contributed by atoms with Crippen molar-refractivity contribution in [3.8, 4) is 0 Å². The molecule has 3 aromatic rings. The van der Waals surface area contributed by atoms with E-state index in [9.17, 15) is 9.59 Å². The largest absolute Gasteiger partial charge is 0.467 e. The van der Waals surface area contributed by atoms with E-state index in [4.69, 9.17) is 4.42 Å². The van der Waals surface area contributed by atoms with Crippen LogP contribution in [0.5, 0.6) is 0 Å². The summed E-state index contributed by atoms with van der Waals surface area (Å²) in [6, 6.07) is 16.8. The summed E-state index contributed by atoms with van der Waals surface area (Å²) in [6.45, 7) is 2.01. The van der Waals surface area contributed by atoms with Gasteiger partial charge in [0.15, 0.2) is 0 Å². The Balaban J connectivity index is 1.53. The van der Waals surface area contributed by atoms with Crippen molar-refractivity contribution < 1.29 is 14.0 Å². The Hall–Kier alpha value is -3.41. The van der Waals surface area contributed by atoms with Crippen LogP contribution in [0.4, 0.5) is 0 Å². The van der Waals surface area contributed by atoms with Crippen LogP contribution in [0.2, 0.25) is 0 Å². The van der Waals surface area contributed by atoms with Crippen LogP contribution in [0, 0.1) is 0 Å². The second kappa shape index (κ2) is 8.11. The topological polar surface area (TPSA) is 83.7 Å². The first kappa shape index (κ1) is 17.4. The van der Waals surface area contributed by atoms with Gasteiger partial charge in [0, 0.05) is 11.3 Å². The van der Waals surface area contributed by atoms with Gasteiger partial charge in [0.2, 0.25) is 5.91 Å². The number of rotatable bonds is 6. The smallest absolute Gasteiger partial charge is 0.271 e. The Bertz CT molecular complexity index is 946.